The highest BCUT2D eigenvalue weighted by atomic mass is 16.5. The first kappa shape index (κ1) is 19.6. The lowest BCUT2D eigenvalue weighted by molar-refractivity contribution is -0.121. The minimum atomic E-state index is -0.0411. The Balaban J connectivity index is 1.80. The molecule has 1 N–H and O–H groups in total. The van der Waals surface area contributed by atoms with Crippen molar-refractivity contribution in [3.63, 3.8) is 0 Å². The van der Waals surface area contributed by atoms with E-state index in [1.54, 1.807) is 12.1 Å². The fourth-order valence-electron chi connectivity index (χ4n) is 2.93. The largest absolute Gasteiger partial charge is 0.378 e. The molecule has 2 aliphatic rings. The molecule has 2 fully saturated rings. The van der Waals surface area contributed by atoms with Crippen LogP contribution in [0.25, 0.3) is 0 Å². The van der Waals surface area contributed by atoms with Crippen LogP contribution in [-0.2, 0) is 14.3 Å². The molecule has 0 radical (unpaired) electrons. The number of nitrogens with one attached hydrogen (secondary N) is 1. The second-order valence-corrected chi connectivity index (χ2v) is 6.63. The number of hydrogen-bond acceptors (Lipinski definition) is 9. The Morgan fingerprint density at radius 1 is 1.00 bits per heavy atom. The predicted octanol–water partition coefficient (Wildman–Crippen LogP) is 0.202. The number of unbranched alkanes of at least 4 members (excludes halogenated alkanes) is 1. The summed E-state index contributed by atoms with van der Waals surface area (Å²) in [7, 11) is 1.76. The second-order valence-electron chi connectivity index (χ2n) is 6.63. The average Bonchev–Trinajstić information content (AvgIpc) is 2.73. The summed E-state index contributed by atoms with van der Waals surface area (Å²) in [6.45, 7) is 7.60. The molecule has 0 bridgehead atoms. The van der Waals surface area contributed by atoms with Gasteiger partial charge in [0.25, 0.3) is 5.95 Å². The van der Waals surface area contributed by atoms with E-state index in [4.69, 9.17) is 9.47 Å². The number of carbonyl (C=O) groups is 1. The number of carbonyl (C=O) groups excluding carboxylic acids is 1. The van der Waals surface area contributed by atoms with Crippen LogP contribution < -0.4 is 20.2 Å². The van der Waals surface area contributed by atoms with E-state index in [2.05, 4.69) is 37.1 Å². The van der Waals surface area contributed by atoms with Gasteiger partial charge in [-0.1, -0.05) is 13.3 Å². The van der Waals surface area contributed by atoms with E-state index in [9.17, 15) is 4.79 Å². The lowest BCUT2D eigenvalue weighted by Gasteiger charge is -2.31. The Hall–Kier alpha value is -2.20. The van der Waals surface area contributed by atoms with Crippen molar-refractivity contribution in [2.75, 3.05) is 74.5 Å². The minimum Gasteiger partial charge on any atom is -0.378 e. The van der Waals surface area contributed by atoms with E-state index in [-0.39, 0.29) is 5.91 Å². The lowest BCUT2D eigenvalue weighted by atomic mass is 10.2. The molecule has 0 atom stereocenters. The first-order chi connectivity index (χ1) is 13.2. The maximum Gasteiger partial charge on any atom is 0.250 e. The molecule has 3 rings (SSSR count). The molecule has 2 aliphatic heterocycles. The van der Waals surface area contributed by atoms with Gasteiger partial charge >= 0.3 is 0 Å². The van der Waals surface area contributed by atoms with Gasteiger partial charge in [-0.25, -0.2) is 0 Å². The van der Waals surface area contributed by atoms with Gasteiger partial charge in [-0.05, 0) is 6.42 Å². The van der Waals surface area contributed by atoms with Crippen molar-refractivity contribution in [1.82, 2.24) is 20.4 Å². The van der Waals surface area contributed by atoms with Crippen molar-refractivity contribution in [3.8, 4) is 0 Å². The smallest absolute Gasteiger partial charge is 0.250 e. The highest BCUT2D eigenvalue weighted by Gasteiger charge is 2.22. The van der Waals surface area contributed by atoms with Crippen LogP contribution in [0.1, 0.15) is 26.2 Å². The third-order valence-electron chi connectivity index (χ3n) is 4.54. The van der Waals surface area contributed by atoms with E-state index in [1.807, 2.05) is 0 Å². The summed E-state index contributed by atoms with van der Waals surface area (Å²) in [6, 6.07) is 0. The molecule has 0 spiro atoms. The standard InChI is InChI=1S/C17H29N7O3/c1-3-4-5-14(25)21-22(2)15-18-16(23-6-10-26-11-7-23)20-17(19-15)24-8-12-27-13-9-24/h3-13H2,1-2H3,(H,21,25). The van der Waals surface area contributed by atoms with E-state index >= 15 is 0 Å². The van der Waals surface area contributed by atoms with Crippen LogP contribution in [0.4, 0.5) is 17.8 Å². The molecule has 0 aliphatic carbocycles. The summed E-state index contributed by atoms with van der Waals surface area (Å²) < 4.78 is 10.9. The van der Waals surface area contributed by atoms with Crippen LogP contribution in [0.3, 0.4) is 0 Å². The van der Waals surface area contributed by atoms with Crippen LogP contribution in [0, 0.1) is 0 Å². The SMILES string of the molecule is CCCCC(=O)NN(C)c1nc(N2CCOCC2)nc(N2CCOCC2)n1. The number of hydrogen-bond donors (Lipinski definition) is 1. The fourth-order valence-corrected chi connectivity index (χ4v) is 2.93. The number of anilines is 3. The molecule has 0 aromatic carbocycles. The molecule has 10 heteroatoms. The summed E-state index contributed by atoms with van der Waals surface area (Å²) in [6.07, 6.45) is 2.32. The van der Waals surface area contributed by atoms with Gasteiger partial charge in [-0.15, -0.1) is 0 Å². The zero-order valence-electron chi connectivity index (χ0n) is 16.2. The Morgan fingerprint density at radius 3 is 2.00 bits per heavy atom. The highest BCUT2D eigenvalue weighted by Crippen LogP contribution is 2.19. The zero-order valence-corrected chi connectivity index (χ0v) is 16.2. The molecule has 1 amide bonds. The summed E-state index contributed by atoms with van der Waals surface area (Å²) in [5, 5.41) is 1.58. The number of rotatable bonds is 7. The molecular weight excluding hydrogens is 350 g/mol. The van der Waals surface area contributed by atoms with Crippen molar-refractivity contribution < 1.29 is 14.3 Å². The monoisotopic (exact) mass is 379 g/mol. The van der Waals surface area contributed by atoms with Crippen LogP contribution >= 0.6 is 0 Å². The van der Waals surface area contributed by atoms with Crippen LogP contribution in [-0.4, -0.2) is 80.5 Å². The number of nitrogens with zero attached hydrogens (tertiary/aromatic N) is 6. The van der Waals surface area contributed by atoms with Gasteiger partial charge < -0.3 is 19.3 Å². The maximum absolute atomic E-state index is 12.1. The highest BCUT2D eigenvalue weighted by molar-refractivity contribution is 5.77. The van der Waals surface area contributed by atoms with Gasteiger partial charge in [0.1, 0.15) is 0 Å². The quantitative estimate of drug-likeness (QED) is 0.667. The van der Waals surface area contributed by atoms with Gasteiger partial charge in [-0.2, -0.15) is 15.0 Å². The molecule has 1 aromatic heterocycles. The van der Waals surface area contributed by atoms with E-state index in [1.165, 1.54) is 0 Å². The fraction of sp³-hybridized carbons (Fsp3) is 0.765. The van der Waals surface area contributed by atoms with Crippen molar-refractivity contribution in [1.29, 1.82) is 0 Å². The number of hydrazine groups is 1. The van der Waals surface area contributed by atoms with Crippen LogP contribution in [0.5, 0.6) is 0 Å². The summed E-state index contributed by atoms with van der Waals surface area (Å²) in [5.41, 5.74) is 2.85. The molecule has 150 valence electrons. The summed E-state index contributed by atoms with van der Waals surface area (Å²) >= 11 is 0. The lowest BCUT2D eigenvalue weighted by Crippen LogP contribution is -2.43. The Labute approximate surface area is 159 Å². The number of aromatic nitrogens is 3. The van der Waals surface area contributed by atoms with Gasteiger partial charge in [0.05, 0.1) is 26.4 Å². The number of morpholine rings is 2. The zero-order chi connectivity index (χ0) is 19.1. The molecule has 2 saturated heterocycles. The third-order valence-corrected chi connectivity index (χ3v) is 4.54. The van der Waals surface area contributed by atoms with Gasteiger partial charge in [0, 0.05) is 39.6 Å². The number of amides is 1. The topological polar surface area (TPSA) is 96.0 Å². The molecule has 0 unspecified atom stereocenters. The van der Waals surface area contributed by atoms with Crippen molar-refractivity contribution in [2.45, 2.75) is 26.2 Å². The Bertz CT molecular complexity index is 582. The van der Waals surface area contributed by atoms with Gasteiger partial charge in [0.15, 0.2) is 0 Å². The molecular formula is C17H29N7O3. The van der Waals surface area contributed by atoms with Crippen molar-refractivity contribution >= 4 is 23.8 Å². The minimum absolute atomic E-state index is 0.0411. The van der Waals surface area contributed by atoms with E-state index in [0.29, 0.717) is 50.7 Å². The summed E-state index contributed by atoms with van der Waals surface area (Å²) in [4.78, 5) is 30.1. The first-order valence-electron chi connectivity index (χ1n) is 9.62. The average molecular weight is 379 g/mol. The van der Waals surface area contributed by atoms with Crippen molar-refractivity contribution in [3.05, 3.63) is 0 Å². The Kier molecular flexibility index (Phi) is 6.99. The molecule has 3 heterocycles. The Morgan fingerprint density at radius 2 is 1.52 bits per heavy atom. The molecule has 0 saturated carbocycles. The third kappa shape index (κ3) is 5.39. The van der Waals surface area contributed by atoms with Gasteiger partial charge in [0.2, 0.25) is 17.8 Å². The van der Waals surface area contributed by atoms with Crippen LogP contribution in [0.2, 0.25) is 0 Å². The maximum atomic E-state index is 12.1. The van der Waals surface area contributed by atoms with E-state index < -0.39 is 0 Å². The van der Waals surface area contributed by atoms with Crippen LogP contribution in [0.15, 0.2) is 0 Å². The first-order valence-corrected chi connectivity index (χ1v) is 9.62. The number of ether oxygens (including phenoxy) is 2. The molecule has 27 heavy (non-hydrogen) atoms. The predicted molar refractivity (Wildman–Crippen MR) is 102 cm³/mol. The summed E-state index contributed by atoms with van der Waals surface area (Å²) in [5.74, 6) is 1.61. The normalized spacial score (nSPS) is 17.7. The molecule has 10 nitrogen and oxygen atoms in total. The second kappa shape index (κ2) is 9.65. The van der Waals surface area contributed by atoms with Gasteiger partial charge in [-0.3, -0.25) is 15.2 Å². The molecule has 1 aromatic rings. The van der Waals surface area contributed by atoms with E-state index in [0.717, 1.165) is 39.0 Å². The van der Waals surface area contributed by atoms with Crippen molar-refractivity contribution in [2.24, 2.45) is 0 Å².